The highest BCUT2D eigenvalue weighted by molar-refractivity contribution is 5.98. The van der Waals surface area contributed by atoms with Crippen molar-refractivity contribution in [2.75, 3.05) is 20.2 Å². The van der Waals surface area contributed by atoms with E-state index in [1.165, 1.54) is 0 Å². The number of allylic oxidation sites excluding steroid dienone is 1. The van der Waals surface area contributed by atoms with Gasteiger partial charge >= 0.3 is 0 Å². The Morgan fingerprint density at radius 1 is 0.897 bits per heavy atom. The van der Waals surface area contributed by atoms with E-state index in [1.54, 1.807) is 24.4 Å². The average molecular weight is 390 g/mol. The van der Waals surface area contributed by atoms with E-state index in [0.717, 1.165) is 46.6 Å². The summed E-state index contributed by atoms with van der Waals surface area (Å²) < 4.78 is 5.74. The molecule has 3 N–H and O–H groups in total. The van der Waals surface area contributed by atoms with Gasteiger partial charge < -0.3 is 20.3 Å². The van der Waals surface area contributed by atoms with Gasteiger partial charge in [-0.15, -0.1) is 0 Å². The maximum Gasteiger partial charge on any atom is 0.210 e. The summed E-state index contributed by atoms with van der Waals surface area (Å²) in [5.74, 6) is 1.04. The van der Waals surface area contributed by atoms with Crippen LogP contribution in [0.1, 0.15) is 30.0 Å². The van der Waals surface area contributed by atoms with Gasteiger partial charge in [-0.25, -0.2) is 4.98 Å². The van der Waals surface area contributed by atoms with E-state index in [1.807, 2.05) is 49.5 Å². The van der Waals surface area contributed by atoms with Gasteiger partial charge in [0.25, 0.3) is 0 Å². The number of phenolic OH excluding ortho intramolecular Hbond substituents is 1. The molecule has 0 aliphatic carbocycles. The van der Waals surface area contributed by atoms with Gasteiger partial charge in [-0.3, -0.25) is 0 Å². The summed E-state index contributed by atoms with van der Waals surface area (Å²) in [5, 5.41) is 22.3. The number of benzene rings is 2. The molecule has 0 aliphatic rings. The van der Waals surface area contributed by atoms with Crippen molar-refractivity contribution < 1.29 is 14.9 Å². The molecular formula is C24H26N2O3. The number of likely N-dealkylation sites (N-methyl/N-ethyl adjacent to an activating group) is 1. The minimum atomic E-state index is -0.00143. The molecule has 3 aromatic rings. The fraction of sp³-hybridized carbons (Fsp3) is 0.208. The van der Waals surface area contributed by atoms with Crippen LogP contribution in [-0.2, 0) is 0 Å². The number of rotatable bonds is 8. The van der Waals surface area contributed by atoms with Crippen molar-refractivity contribution in [3.8, 4) is 17.4 Å². The fourth-order valence-corrected chi connectivity index (χ4v) is 3.22. The Morgan fingerprint density at radius 2 is 1.52 bits per heavy atom. The predicted molar refractivity (Wildman–Crippen MR) is 116 cm³/mol. The van der Waals surface area contributed by atoms with Crippen LogP contribution in [-0.4, -0.2) is 35.4 Å². The minimum Gasteiger partial charge on any atom is -0.508 e. The van der Waals surface area contributed by atoms with Crippen molar-refractivity contribution >= 4 is 11.1 Å². The molecule has 0 spiro atoms. The quantitative estimate of drug-likeness (QED) is 0.495. The number of hydrogen-bond acceptors (Lipinski definition) is 5. The summed E-state index contributed by atoms with van der Waals surface area (Å²) in [7, 11) is 1.89. The van der Waals surface area contributed by atoms with E-state index in [-0.39, 0.29) is 11.6 Å². The summed E-state index contributed by atoms with van der Waals surface area (Å²) in [6.45, 7) is 3.49. The maximum absolute atomic E-state index is 9.72. The zero-order valence-electron chi connectivity index (χ0n) is 16.7. The Balaban J connectivity index is 2.07. The molecule has 29 heavy (non-hydrogen) atoms. The number of ether oxygens (including phenoxy) is 1. The number of pyridine rings is 1. The Kier molecular flexibility index (Phi) is 6.87. The summed E-state index contributed by atoms with van der Waals surface area (Å²) in [5.41, 5.74) is 5.15. The van der Waals surface area contributed by atoms with Crippen LogP contribution in [0, 0.1) is 0 Å². The second-order valence-electron chi connectivity index (χ2n) is 6.64. The van der Waals surface area contributed by atoms with Gasteiger partial charge in [-0.2, -0.15) is 0 Å². The van der Waals surface area contributed by atoms with Crippen LogP contribution in [0.3, 0.4) is 0 Å². The van der Waals surface area contributed by atoms with Crippen molar-refractivity contribution in [2.45, 2.75) is 13.3 Å². The van der Waals surface area contributed by atoms with Crippen LogP contribution in [0.25, 0.3) is 11.1 Å². The largest absolute Gasteiger partial charge is 0.508 e. The van der Waals surface area contributed by atoms with Gasteiger partial charge in [-0.05, 0) is 71.6 Å². The van der Waals surface area contributed by atoms with Crippen LogP contribution >= 0.6 is 0 Å². The summed E-state index contributed by atoms with van der Waals surface area (Å²) in [6.07, 6.45) is 2.47. The van der Waals surface area contributed by atoms with Crippen LogP contribution in [0.5, 0.6) is 17.4 Å². The fourth-order valence-electron chi connectivity index (χ4n) is 3.22. The molecule has 0 saturated carbocycles. The molecule has 2 aromatic carbocycles. The SMILES string of the molecule is CC/C(=C(\c1ccc(O)cc1)c1ccc(OCCNC)cc1)c1ccc(O)nc1. The number of nitrogens with zero attached hydrogens (tertiary/aromatic N) is 1. The zero-order valence-corrected chi connectivity index (χ0v) is 16.7. The summed E-state index contributed by atoms with van der Waals surface area (Å²) in [6, 6.07) is 18.7. The van der Waals surface area contributed by atoms with Gasteiger partial charge in [0.15, 0.2) is 0 Å². The first kappa shape index (κ1) is 20.4. The van der Waals surface area contributed by atoms with Gasteiger partial charge in [-0.1, -0.05) is 31.2 Å². The number of aromatic hydroxyl groups is 2. The summed E-state index contributed by atoms with van der Waals surface area (Å²) >= 11 is 0. The molecule has 0 aliphatic heterocycles. The highest BCUT2D eigenvalue weighted by Crippen LogP contribution is 2.35. The van der Waals surface area contributed by atoms with Crippen molar-refractivity contribution in [3.63, 3.8) is 0 Å². The lowest BCUT2D eigenvalue weighted by Gasteiger charge is -2.17. The highest BCUT2D eigenvalue weighted by atomic mass is 16.5. The molecule has 5 heteroatoms. The van der Waals surface area contributed by atoms with E-state index >= 15 is 0 Å². The number of aromatic nitrogens is 1. The average Bonchev–Trinajstić information content (AvgIpc) is 2.75. The molecule has 5 nitrogen and oxygen atoms in total. The molecule has 1 heterocycles. The number of phenols is 1. The standard InChI is InChI=1S/C24H26N2O3/c1-3-22(19-8-13-23(28)26-16-19)24(17-4-9-20(27)10-5-17)18-6-11-21(12-7-18)29-15-14-25-2/h4-13,16,25,27H,3,14-15H2,1-2H3,(H,26,28)/b24-22-. The minimum absolute atomic E-state index is 0.00143. The maximum atomic E-state index is 9.72. The first-order chi connectivity index (χ1) is 14.1. The number of hydrogen-bond donors (Lipinski definition) is 3. The highest BCUT2D eigenvalue weighted by Gasteiger charge is 2.14. The van der Waals surface area contributed by atoms with Crippen molar-refractivity contribution in [2.24, 2.45) is 0 Å². The monoisotopic (exact) mass is 390 g/mol. The van der Waals surface area contributed by atoms with Crippen LogP contribution in [0.2, 0.25) is 0 Å². The third kappa shape index (κ3) is 5.15. The van der Waals surface area contributed by atoms with Gasteiger partial charge in [0.2, 0.25) is 5.88 Å². The molecule has 0 atom stereocenters. The first-order valence-corrected chi connectivity index (χ1v) is 9.68. The topological polar surface area (TPSA) is 74.6 Å². The van der Waals surface area contributed by atoms with Gasteiger partial charge in [0.05, 0.1) is 0 Å². The molecule has 0 radical (unpaired) electrons. The molecule has 0 amide bonds. The molecule has 150 valence electrons. The predicted octanol–water partition coefficient (Wildman–Crippen LogP) is 4.46. The zero-order chi connectivity index (χ0) is 20.6. The molecule has 0 fully saturated rings. The van der Waals surface area contributed by atoms with E-state index < -0.39 is 0 Å². The van der Waals surface area contributed by atoms with Crippen molar-refractivity contribution in [3.05, 3.63) is 83.6 Å². The molecule has 0 bridgehead atoms. The molecule has 3 rings (SSSR count). The third-order valence-electron chi connectivity index (χ3n) is 4.67. The first-order valence-electron chi connectivity index (χ1n) is 9.68. The molecule has 1 aromatic heterocycles. The van der Waals surface area contributed by atoms with E-state index in [2.05, 4.69) is 17.2 Å². The number of nitrogens with one attached hydrogen (secondary N) is 1. The van der Waals surface area contributed by atoms with Crippen LogP contribution < -0.4 is 10.1 Å². The second kappa shape index (κ2) is 9.75. The second-order valence-corrected chi connectivity index (χ2v) is 6.64. The van der Waals surface area contributed by atoms with Gasteiger partial charge in [0, 0.05) is 18.8 Å². The lowest BCUT2D eigenvalue weighted by molar-refractivity contribution is 0.318. The lowest BCUT2D eigenvalue weighted by atomic mass is 9.88. The Morgan fingerprint density at radius 3 is 2.07 bits per heavy atom. The third-order valence-corrected chi connectivity index (χ3v) is 4.67. The van der Waals surface area contributed by atoms with E-state index in [0.29, 0.717) is 6.61 Å². The van der Waals surface area contributed by atoms with Gasteiger partial charge in [0.1, 0.15) is 18.1 Å². The smallest absolute Gasteiger partial charge is 0.210 e. The lowest BCUT2D eigenvalue weighted by Crippen LogP contribution is -2.15. The summed E-state index contributed by atoms with van der Waals surface area (Å²) in [4.78, 5) is 4.04. The van der Waals surface area contributed by atoms with Crippen LogP contribution in [0.4, 0.5) is 0 Å². The van der Waals surface area contributed by atoms with Crippen molar-refractivity contribution in [1.29, 1.82) is 0 Å². The molecule has 0 saturated heterocycles. The van der Waals surface area contributed by atoms with Crippen LogP contribution in [0.15, 0.2) is 66.9 Å². The Hall–Kier alpha value is -3.31. The normalized spacial score (nSPS) is 11.8. The molecular weight excluding hydrogens is 364 g/mol. The van der Waals surface area contributed by atoms with Crippen molar-refractivity contribution in [1.82, 2.24) is 10.3 Å². The Labute approximate surface area is 171 Å². The molecule has 0 unspecified atom stereocenters. The Bertz CT molecular complexity index is 947. The van der Waals surface area contributed by atoms with E-state index in [4.69, 9.17) is 4.74 Å². The van der Waals surface area contributed by atoms with E-state index in [9.17, 15) is 10.2 Å².